The van der Waals surface area contributed by atoms with Gasteiger partial charge in [0.2, 0.25) is 11.8 Å². The van der Waals surface area contributed by atoms with Crippen molar-refractivity contribution in [1.29, 1.82) is 0 Å². The number of hydrogen-bond acceptors (Lipinski definition) is 4. The van der Waals surface area contributed by atoms with Crippen LogP contribution in [0.2, 0.25) is 0 Å². The Kier molecular flexibility index (Phi) is 5.43. The summed E-state index contributed by atoms with van der Waals surface area (Å²) in [6.07, 6.45) is 4.56. The number of methoxy groups -OCH3 is 1. The molecule has 1 aromatic carbocycles. The minimum atomic E-state index is 0.386. The molecule has 0 saturated carbocycles. The van der Waals surface area contributed by atoms with Crippen molar-refractivity contribution >= 4 is 5.69 Å². The number of nitrogen functional groups attached to an aromatic ring is 1. The van der Waals surface area contributed by atoms with E-state index in [1.807, 2.05) is 18.2 Å². The van der Waals surface area contributed by atoms with Gasteiger partial charge in [-0.05, 0) is 30.5 Å². The molecule has 112 valence electrons. The number of aryl methyl sites for hydroxylation is 1. The fourth-order valence-electron chi connectivity index (χ4n) is 2.11. The van der Waals surface area contributed by atoms with Gasteiger partial charge in [0.15, 0.2) is 0 Å². The lowest BCUT2D eigenvalue weighted by molar-refractivity contribution is 0.383. The standard InChI is InChI=1S/C17H22N2O2/c1-3-4-5-8-13-9-6-7-10-15(13)21-17-14(18)11-12-16(19-17)20-2/h6-7,9-12H,3-5,8,18H2,1-2H3. The van der Waals surface area contributed by atoms with Crippen LogP contribution in [0.3, 0.4) is 0 Å². The van der Waals surface area contributed by atoms with Gasteiger partial charge >= 0.3 is 0 Å². The maximum atomic E-state index is 5.92. The molecule has 2 rings (SSSR count). The van der Waals surface area contributed by atoms with Crippen LogP contribution in [-0.2, 0) is 6.42 Å². The number of benzene rings is 1. The number of nitrogens with zero attached hydrogens (tertiary/aromatic N) is 1. The van der Waals surface area contributed by atoms with Gasteiger partial charge in [-0.25, -0.2) is 0 Å². The largest absolute Gasteiger partial charge is 0.481 e. The summed E-state index contributed by atoms with van der Waals surface area (Å²) in [4.78, 5) is 4.25. The average Bonchev–Trinajstić information content (AvgIpc) is 2.51. The molecule has 0 unspecified atom stereocenters. The molecule has 0 atom stereocenters. The van der Waals surface area contributed by atoms with E-state index < -0.39 is 0 Å². The van der Waals surface area contributed by atoms with E-state index in [-0.39, 0.29) is 0 Å². The Morgan fingerprint density at radius 1 is 1.10 bits per heavy atom. The zero-order valence-electron chi connectivity index (χ0n) is 12.6. The average molecular weight is 286 g/mol. The van der Waals surface area contributed by atoms with E-state index in [1.54, 1.807) is 19.2 Å². The number of anilines is 1. The van der Waals surface area contributed by atoms with Gasteiger partial charge in [-0.2, -0.15) is 4.98 Å². The van der Waals surface area contributed by atoms with E-state index in [4.69, 9.17) is 15.2 Å². The van der Waals surface area contributed by atoms with Crippen LogP contribution in [0.15, 0.2) is 36.4 Å². The van der Waals surface area contributed by atoms with Gasteiger partial charge in [-0.1, -0.05) is 38.0 Å². The third-order valence-corrected chi connectivity index (χ3v) is 3.30. The highest BCUT2D eigenvalue weighted by Crippen LogP contribution is 2.30. The van der Waals surface area contributed by atoms with Crippen LogP contribution in [0.1, 0.15) is 31.7 Å². The lowest BCUT2D eigenvalue weighted by Crippen LogP contribution is -1.99. The molecule has 4 heteroatoms. The van der Waals surface area contributed by atoms with E-state index >= 15 is 0 Å². The predicted octanol–water partition coefficient (Wildman–Crippen LogP) is 4.20. The molecule has 0 spiro atoms. The van der Waals surface area contributed by atoms with Gasteiger partial charge in [0.1, 0.15) is 5.75 Å². The van der Waals surface area contributed by atoms with Crippen LogP contribution in [-0.4, -0.2) is 12.1 Å². The second-order valence-electron chi connectivity index (χ2n) is 4.91. The van der Waals surface area contributed by atoms with Crippen LogP contribution in [0.5, 0.6) is 17.5 Å². The zero-order chi connectivity index (χ0) is 15.1. The number of ether oxygens (including phenoxy) is 2. The van der Waals surface area contributed by atoms with Gasteiger partial charge in [-0.15, -0.1) is 0 Å². The van der Waals surface area contributed by atoms with Crippen LogP contribution in [0.4, 0.5) is 5.69 Å². The van der Waals surface area contributed by atoms with Crippen molar-refractivity contribution in [3.63, 3.8) is 0 Å². The van der Waals surface area contributed by atoms with Gasteiger partial charge in [-0.3, -0.25) is 0 Å². The lowest BCUT2D eigenvalue weighted by Gasteiger charge is -2.12. The summed E-state index contributed by atoms with van der Waals surface area (Å²) in [6, 6.07) is 11.5. The first-order valence-electron chi connectivity index (χ1n) is 7.31. The molecule has 0 fully saturated rings. The van der Waals surface area contributed by atoms with Crippen molar-refractivity contribution in [1.82, 2.24) is 4.98 Å². The molecule has 1 heterocycles. The first kappa shape index (κ1) is 15.2. The highest BCUT2D eigenvalue weighted by molar-refractivity contribution is 5.51. The van der Waals surface area contributed by atoms with Crippen molar-refractivity contribution < 1.29 is 9.47 Å². The van der Waals surface area contributed by atoms with E-state index in [0.29, 0.717) is 17.4 Å². The molecule has 0 bridgehead atoms. The Hall–Kier alpha value is -2.23. The molecule has 2 aromatic rings. The summed E-state index contributed by atoms with van der Waals surface area (Å²) in [7, 11) is 1.57. The summed E-state index contributed by atoms with van der Waals surface area (Å²) < 4.78 is 11.0. The van der Waals surface area contributed by atoms with Crippen LogP contribution >= 0.6 is 0 Å². The molecule has 0 amide bonds. The van der Waals surface area contributed by atoms with Gasteiger partial charge in [0, 0.05) is 6.07 Å². The Morgan fingerprint density at radius 2 is 1.90 bits per heavy atom. The molecule has 0 aliphatic rings. The topological polar surface area (TPSA) is 57.4 Å². The number of nitrogens with two attached hydrogens (primary N) is 1. The number of unbranched alkanes of at least 4 members (excludes halogenated alkanes) is 2. The summed E-state index contributed by atoms with van der Waals surface area (Å²) >= 11 is 0. The molecule has 0 saturated heterocycles. The highest BCUT2D eigenvalue weighted by Gasteiger charge is 2.09. The molecule has 1 aromatic heterocycles. The van der Waals surface area contributed by atoms with Crippen LogP contribution < -0.4 is 15.2 Å². The number of aromatic nitrogens is 1. The third kappa shape index (κ3) is 4.12. The van der Waals surface area contributed by atoms with Crippen molar-refractivity contribution in [2.24, 2.45) is 0 Å². The smallest absolute Gasteiger partial charge is 0.246 e. The van der Waals surface area contributed by atoms with Gasteiger partial charge in [0.05, 0.1) is 12.8 Å². The van der Waals surface area contributed by atoms with Crippen molar-refractivity contribution in [2.45, 2.75) is 32.6 Å². The molecule has 21 heavy (non-hydrogen) atoms. The third-order valence-electron chi connectivity index (χ3n) is 3.30. The molecule has 2 N–H and O–H groups in total. The Labute approximate surface area is 125 Å². The van der Waals surface area contributed by atoms with Crippen molar-refractivity contribution in [3.8, 4) is 17.5 Å². The Morgan fingerprint density at radius 3 is 2.67 bits per heavy atom. The van der Waals surface area contributed by atoms with Gasteiger partial charge in [0.25, 0.3) is 0 Å². The molecule has 0 aliphatic carbocycles. The summed E-state index contributed by atoms with van der Waals surface area (Å²) in [5.74, 6) is 1.68. The quantitative estimate of drug-likeness (QED) is 0.775. The highest BCUT2D eigenvalue weighted by atomic mass is 16.5. The normalized spacial score (nSPS) is 10.4. The second-order valence-corrected chi connectivity index (χ2v) is 4.91. The number of pyridine rings is 1. The molecular formula is C17H22N2O2. The minimum Gasteiger partial charge on any atom is -0.481 e. The first-order valence-corrected chi connectivity index (χ1v) is 7.31. The Balaban J connectivity index is 2.19. The Bertz CT molecular complexity index is 585. The fraction of sp³-hybridized carbons (Fsp3) is 0.353. The lowest BCUT2D eigenvalue weighted by atomic mass is 10.1. The van der Waals surface area contributed by atoms with E-state index in [9.17, 15) is 0 Å². The predicted molar refractivity (Wildman–Crippen MR) is 84.9 cm³/mol. The molecular weight excluding hydrogens is 264 g/mol. The van der Waals surface area contributed by atoms with Crippen molar-refractivity contribution in [2.75, 3.05) is 12.8 Å². The van der Waals surface area contributed by atoms with E-state index in [0.717, 1.165) is 18.6 Å². The number of hydrogen-bond donors (Lipinski definition) is 1. The SMILES string of the molecule is CCCCCc1ccccc1Oc1nc(OC)ccc1N. The minimum absolute atomic E-state index is 0.386. The van der Waals surface area contributed by atoms with Crippen LogP contribution in [0, 0.1) is 0 Å². The summed E-state index contributed by atoms with van der Waals surface area (Å²) in [6.45, 7) is 2.20. The maximum Gasteiger partial charge on any atom is 0.246 e. The van der Waals surface area contributed by atoms with E-state index in [2.05, 4.69) is 18.0 Å². The number of para-hydroxylation sites is 1. The van der Waals surface area contributed by atoms with E-state index in [1.165, 1.54) is 18.4 Å². The first-order chi connectivity index (χ1) is 10.2. The summed E-state index contributed by atoms with van der Waals surface area (Å²) in [5, 5.41) is 0. The van der Waals surface area contributed by atoms with Crippen molar-refractivity contribution in [3.05, 3.63) is 42.0 Å². The van der Waals surface area contributed by atoms with Gasteiger partial charge < -0.3 is 15.2 Å². The fourth-order valence-corrected chi connectivity index (χ4v) is 2.11. The zero-order valence-corrected chi connectivity index (χ0v) is 12.6. The second kappa shape index (κ2) is 7.53. The molecule has 0 radical (unpaired) electrons. The van der Waals surface area contributed by atoms with Crippen LogP contribution in [0.25, 0.3) is 0 Å². The monoisotopic (exact) mass is 286 g/mol. The maximum absolute atomic E-state index is 5.92. The molecule has 4 nitrogen and oxygen atoms in total. The summed E-state index contributed by atoms with van der Waals surface area (Å²) in [5.41, 5.74) is 7.60. The molecule has 0 aliphatic heterocycles. The number of rotatable bonds is 7.